The van der Waals surface area contributed by atoms with E-state index in [2.05, 4.69) is 0 Å². The summed E-state index contributed by atoms with van der Waals surface area (Å²) in [7, 11) is 0. The van der Waals surface area contributed by atoms with E-state index in [1.165, 1.54) is 0 Å². The highest BCUT2D eigenvalue weighted by Gasteiger charge is 2.17. The maximum absolute atomic E-state index is 11.9. The van der Waals surface area contributed by atoms with Crippen molar-refractivity contribution in [1.82, 2.24) is 0 Å². The van der Waals surface area contributed by atoms with Gasteiger partial charge in [-0.25, -0.2) is 4.79 Å². The molecule has 0 spiro atoms. The van der Waals surface area contributed by atoms with Crippen LogP contribution in [0.1, 0.15) is 24.2 Å². The lowest BCUT2D eigenvalue weighted by Crippen LogP contribution is -2.20. The molecule has 0 atom stereocenters. The molecule has 0 aliphatic rings. The van der Waals surface area contributed by atoms with E-state index in [4.69, 9.17) is 56.8 Å². The summed E-state index contributed by atoms with van der Waals surface area (Å²) < 4.78 is 64.6. The van der Waals surface area contributed by atoms with Crippen molar-refractivity contribution >= 4 is 11.8 Å². The van der Waals surface area contributed by atoms with Crippen molar-refractivity contribution in [3.05, 3.63) is 35.9 Å². The van der Waals surface area contributed by atoms with E-state index in [1.54, 1.807) is 30.3 Å². The van der Waals surface area contributed by atoms with Gasteiger partial charge < -0.3 is 56.8 Å². The summed E-state index contributed by atoms with van der Waals surface area (Å²) in [5.74, 6) is -1.57. The molecule has 0 saturated heterocycles. The average Bonchev–Trinajstić information content (AvgIpc) is 3.08. The minimum Gasteiger partial charge on any atom is -0.457 e. The van der Waals surface area contributed by atoms with Gasteiger partial charge in [-0.15, -0.1) is 0 Å². The van der Waals surface area contributed by atoms with Gasteiger partial charge in [-0.05, 0) is 13.8 Å². The van der Waals surface area contributed by atoms with Gasteiger partial charge in [0.05, 0.1) is 145 Å². The molecule has 47 heavy (non-hydrogen) atoms. The number of benzene rings is 1. The Hall–Kier alpha value is -2.08. The number of ketones is 1. The Morgan fingerprint density at radius 3 is 1.00 bits per heavy atom. The van der Waals surface area contributed by atoms with E-state index < -0.39 is 11.8 Å². The summed E-state index contributed by atoms with van der Waals surface area (Å²) in [6.07, 6.45) is 0.224. The number of carbonyl (C=O) groups excluding carboxylic acids is 2. The maximum Gasteiger partial charge on any atom is 0.379 e. The summed E-state index contributed by atoms with van der Waals surface area (Å²) >= 11 is 0. The Morgan fingerprint density at radius 1 is 0.426 bits per heavy atom. The van der Waals surface area contributed by atoms with Gasteiger partial charge in [-0.3, -0.25) is 4.79 Å². The summed E-state index contributed by atoms with van der Waals surface area (Å²) in [5.41, 5.74) is 0.296. The molecule has 0 aromatic heterocycles. The van der Waals surface area contributed by atoms with E-state index in [0.29, 0.717) is 138 Å². The Balaban J connectivity index is 1.66. The Morgan fingerprint density at radius 2 is 0.702 bits per heavy atom. The molecule has 0 unspecified atom stereocenters. The fourth-order valence-electron chi connectivity index (χ4n) is 3.39. The largest absolute Gasteiger partial charge is 0.457 e. The van der Waals surface area contributed by atoms with Crippen molar-refractivity contribution in [1.29, 1.82) is 0 Å². The first-order chi connectivity index (χ1) is 23.1. The topological polar surface area (TPSA) is 145 Å². The third-order valence-electron chi connectivity index (χ3n) is 5.71. The van der Waals surface area contributed by atoms with Crippen LogP contribution >= 0.6 is 0 Å². The quantitative estimate of drug-likeness (QED) is 0.0442. The lowest BCUT2D eigenvalue weighted by molar-refractivity contribution is -0.139. The minimum absolute atomic E-state index is 0.00225. The lowest BCUT2D eigenvalue weighted by Gasteiger charge is -2.09. The highest BCUT2D eigenvalue weighted by atomic mass is 16.6. The van der Waals surface area contributed by atoms with Crippen LogP contribution in [0.4, 0.5) is 0 Å². The van der Waals surface area contributed by atoms with Gasteiger partial charge in [-0.1, -0.05) is 30.3 Å². The van der Waals surface area contributed by atoms with E-state index in [1.807, 2.05) is 13.8 Å². The predicted molar refractivity (Wildman–Crippen MR) is 171 cm³/mol. The highest BCUT2D eigenvalue weighted by Crippen LogP contribution is 2.01. The zero-order valence-corrected chi connectivity index (χ0v) is 28.2. The Kier molecular flexibility index (Phi) is 30.9. The summed E-state index contributed by atoms with van der Waals surface area (Å²) in [6, 6.07) is 8.26. The van der Waals surface area contributed by atoms with Gasteiger partial charge in [0.1, 0.15) is 6.61 Å². The van der Waals surface area contributed by atoms with Crippen molar-refractivity contribution in [2.75, 3.05) is 145 Å². The molecule has 0 aliphatic carbocycles. The van der Waals surface area contributed by atoms with Crippen molar-refractivity contribution in [3.63, 3.8) is 0 Å². The number of rotatable bonds is 36. The van der Waals surface area contributed by atoms with E-state index >= 15 is 0 Å². The molecule has 0 N–H and O–H groups in total. The molecule has 14 heteroatoms. The standard InChI is InChI=1S/C33H56O14/c1-30(2)46-28-26-44-24-22-42-20-18-40-16-14-38-12-10-36-8-9-37-11-13-39-15-17-41-19-21-43-23-25-45-27-29-47-33(35)32(34)31-6-4-3-5-7-31/h3-7,30H,8-29H2,1-2H3. The summed E-state index contributed by atoms with van der Waals surface area (Å²) in [5, 5.41) is 0. The molecule has 0 aliphatic heterocycles. The first-order valence-electron chi connectivity index (χ1n) is 16.3. The second kappa shape index (κ2) is 33.8. The van der Waals surface area contributed by atoms with E-state index in [9.17, 15) is 9.59 Å². The molecule has 1 aromatic rings. The lowest BCUT2D eigenvalue weighted by atomic mass is 10.1. The monoisotopic (exact) mass is 676 g/mol. The SMILES string of the molecule is CC(C)OCCOCCOCCOCCOCCOCCOCCOCCOCCOCCOCCOC(=O)C(=O)c1ccccc1. The smallest absolute Gasteiger partial charge is 0.379 e. The highest BCUT2D eigenvalue weighted by molar-refractivity contribution is 6.40. The number of ether oxygens (including phenoxy) is 12. The van der Waals surface area contributed by atoms with Crippen LogP contribution in [0.15, 0.2) is 30.3 Å². The molecule has 0 amide bonds. The average molecular weight is 677 g/mol. The van der Waals surface area contributed by atoms with Crippen molar-refractivity contribution < 1.29 is 66.4 Å². The van der Waals surface area contributed by atoms with Gasteiger partial charge in [0.2, 0.25) is 0 Å². The van der Waals surface area contributed by atoms with Crippen LogP contribution in [0.5, 0.6) is 0 Å². The minimum atomic E-state index is -0.897. The third-order valence-corrected chi connectivity index (χ3v) is 5.71. The molecule has 0 fully saturated rings. The summed E-state index contributed by atoms with van der Waals surface area (Å²) in [6.45, 7) is 13.9. The van der Waals surface area contributed by atoms with Crippen LogP contribution in [-0.2, 0) is 61.6 Å². The first-order valence-corrected chi connectivity index (χ1v) is 16.3. The van der Waals surface area contributed by atoms with Crippen LogP contribution in [0.2, 0.25) is 0 Å². The predicted octanol–water partition coefficient (Wildman–Crippen LogP) is 2.00. The summed E-state index contributed by atoms with van der Waals surface area (Å²) in [4.78, 5) is 23.6. The molecule has 0 heterocycles. The second-order valence-corrected chi connectivity index (χ2v) is 9.87. The zero-order chi connectivity index (χ0) is 33.9. The van der Waals surface area contributed by atoms with E-state index in [-0.39, 0.29) is 19.3 Å². The fourth-order valence-corrected chi connectivity index (χ4v) is 3.39. The van der Waals surface area contributed by atoms with E-state index in [0.717, 1.165) is 0 Å². The van der Waals surface area contributed by atoms with Gasteiger partial charge >= 0.3 is 5.97 Å². The van der Waals surface area contributed by atoms with Crippen LogP contribution in [0.25, 0.3) is 0 Å². The molecule has 1 rings (SSSR count). The van der Waals surface area contributed by atoms with Crippen molar-refractivity contribution in [2.45, 2.75) is 20.0 Å². The zero-order valence-electron chi connectivity index (χ0n) is 28.2. The molecule has 0 bridgehead atoms. The van der Waals surface area contributed by atoms with Gasteiger partial charge in [0.25, 0.3) is 5.78 Å². The maximum atomic E-state index is 11.9. The van der Waals surface area contributed by atoms with Crippen molar-refractivity contribution in [2.24, 2.45) is 0 Å². The third kappa shape index (κ3) is 29.8. The van der Waals surface area contributed by atoms with Crippen LogP contribution in [0.3, 0.4) is 0 Å². The number of esters is 1. The molecular weight excluding hydrogens is 620 g/mol. The van der Waals surface area contributed by atoms with Gasteiger partial charge in [0, 0.05) is 5.56 Å². The van der Waals surface area contributed by atoms with Gasteiger partial charge in [0.15, 0.2) is 0 Å². The number of hydrogen-bond donors (Lipinski definition) is 0. The molecule has 0 radical (unpaired) electrons. The molecule has 1 aromatic carbocycles. The molecular formula is C33H56O14. The fraction of sp³-hybridized carbons (Fsp3) is 0.758. The number of Topliss-reactive ketones (excluding diaryl/α,β-unsaturated/α-hetero) is 1. The second-order valence-electron chi connectivity index (χ2n) is 9.87. The normalized spacial score (nSPS) is 11.4. The van der Waals surface area contributed by atoms with Gasteiger partial charge in [-0.2, -0.15) is 0 Å². The molecule has 272 valence electrons. The number of hydrogen-bond acceptors (Lipinski definition) is 14. The first kappa shape index (κ1) is 42.9. The Labute approximate surface area is 279 Å². The molecule has 0 saturated carbocycles. The molecule has 14 nitrogen and oxygen atoms in total. The van der Waals surface area contributed by atoms with Crippen LogP contribution in [0, 0.1) is 0 Å². The number of carbonyl (C=O) groups is 2. The van der Waals surface area contributed by atoms with Crippen LogP contribution < -0.4 is 0 Å². The Bertz CT molecular complexity index is 827. The van der Waals surface area contributed by atoms with Crippen molar-refractivity contribution in [3.8, 4) is 0 Å². The van der Waals surface area contributed by atoms with Crippen LogP contribution in [-0.4, -0.2) is 163 Å².